The molecule has 202 valence electrons. The maximum atomic E-state index is 12.8. The lowest BCUT2D eigenvalue weighted by Gasteiger charge is -2.14. The number of fused-ring (bicyclic) bond motifs is 1. The number of hydrogen-bond acceptors (Lipinski definition) is 7. The fourth-order valence-corrected chi connectivity index (χ4v) is 3.55. The van der Waals surface area contributed by atoms with Crippen LogP contribution in [-0.2, 0) is 20.8 Å². The van der Waals surface area contributed by atoms with Crippen LogP contribution in [0.1, 0.15) is 59.5 Å². The van der Waals surface area contributed by atoms with Crippen LogP contribution < -0.4 is 10.5 Å². The Labute approximate surface area is 221 Å². The van der Waals surface area contributed by atoms with Crippen LogP contribution in [0.5, 0.6) is 5.75 Å². The van der Waals surface area contributed by atoms with Crippen molar-refractivity contribution >= 4 is 29.6 Å². The Kier molecular flexibility index (Phi) is 9.59. The zero-order valence-corrected chi connectivity index (χ0v) is 22.1. The molecular weight excluding hydrogens is 490 g/mol. The molecule has 0 bridgehead atoms. The number of ether oxygens (including phenoxy) is 3. The van der Waals surface area contributed by atoms with Crippen LogP contribution in [0.2, 0.25) is 0 Å². The van der Waals surface area contributed by atoms with Gasteiger partial charge < -0.3 is 24.8 Å². The fraction of sp³-hybridized carbons (Fsp3) is 0.393. The van der Waals surface area contributed by atoms with E-state index in [1.165, 1.54) is 4.90 Å². The fourth-order valence-electron chi connectivity index (χ4n) is 3.55. The number of amidine groups is 1. The smallest absolute Gasteiger partial charge is 0.435 e. The summed E-state index contributed by atoms with van der Waals surface area (Å²) < 4.78 is 15.5. The molecule has 1 aliphatic rings. The van der Waals surface area contributed by atoms with Gasteiger partial charge in [0.25, 0.3) is 5.91 Å². The lowest BCUT2D eigenvalue weighted by atomic mass is 10.1. The lowest BCUT2D eigenvalue weighted by Crippen LogP contribution is -2.30. The first-order valence-corrected chi connectivity index (χ1v) is 12.4. The first kappa shape index (κ1) is 28.4. The van der Waals surface area contributed by atoms with Crippen molar-refractivity contribution in [3.05, 3.63) is 64.7 Å². The number of nitrogens with two attached hydrogens (primary N) is 1. The summed E-state index contributed by atoms with van der Waals surface area (Å²) in [5.74, 6) is -0.167. The quantitative estimate of drug-likeness (QED) is 0.204. The monoisotopic (exact) mass is 523 g/mol. The average molecular weight is 524 g/mol. The third kappa shape index (κ3) is 7.89. The van der Waals surface area contributed by atoms with Crippen LogP contribution in [0.4, 0.5) is 4.79 Å². The molecule has 1 heterocycles. The molecule has 10 heteroatoms. The van der Waals surface area contributed by atoms with Gasteiger partial charge in [-0.05, 0) is 53.8 Å². The molecule has 0 unspecified atom stereocenters. The minimum atomic E-state index is -0.775. The highest BCUT2D eigenvalue weighted by Gasteiger charge is 2.29. The Morgan fingerprint density at radius 3 is 2.24 bits per heavy atom. The van der Waals surface area contributed by atoms with Crippen molar-refractivity contribution in [3.63, 3.8) is 0 Å². The molecule has 2 N–H and O–H groups in total. The number of rotatable bonds is 11. The topological polar surface area (TPSA) is 138 Å². The minimum Gasteiger partial charge on any atom is -0.482 e. The number of carbonyl (C=O) groups excluding carboxylic acids is 4. The molecule has 0 saturated carbocycles. The number of amides is 2. The summed E-state index contributed by atoms with van der Waals surface area (Å²) in [5, 5.41) is 0. The number of benzene rings is 2. The maximum Gasteiger partial charge on any atom is 0.435 e. The van der Waals surface area contributed by atoms with Crippen molar-refractivity contribution in [1.29, 1.82) is 0 Å². The number of ketones is 1. The Hall–Kier alpha value is -4.21. The molecule has 38 heavy (non-hydrogen) atoms. The van der Waals surface area contributed by atoms with E-state index >= 15 is 0 Å². The first-order chi connectivity index (χ1) is 18.0. The Bertz CT molecular complexity index is 1220. The van der Waals surface area contributed by atoms with E-state index in [1.807, 2.05) is 27.7 Å². The third-order valence-electron chi connectivity index (χ3n) is 5.48. The van der Waals surface area contributed by atoms with Gasteiger partial charge in [0.15, 0.2) is 12.4 Å². The van der Waals surface area contributed by atoms with Gasteiger partial charge >= 0.3 is 12.1 Å². The van der Waals surface area contributed by atoms with Gasteiger partial charge in [-0.3, -0.25) is 9.59 Å². The van der Waals surface area contributed by atoms with Crippen molar-refractivity contribution in [2.45, 2.75) is 34.2 Å². The van der Waals surface area contributed by atoms with Crippen LogP contribution in [0.25, 0.3) is 0 Å². The number of Topliss-reactive ketones (excluding diaryl/α,β-unsaturated/α-hetero) is 1. The van der Waals surface area contributed by atoms with Gasteiger partial charge in [-0.1, -0.05) is 33.8 Å². The number of nitrogens with zero attached hydrogens (tertiary/aromatic N) is 2. The number of carbonyl (C=O) groups is 4. The maximum absolute atomic E-state index is 12.8. The number of aliphatic imine (C=N–C) groups is 1. The molecule has 0 fully saturated rings. The van der Waals surface area contributed by atoms with Crippen LogP contribution in [0.15, 0.2) is 47.5 Å². The summed E-state index contributed by atoms with van der Waals surface area (Å²) in [6.45, 7) is 8.14. The van der Waals surface area contributed by atoms with E-state index in [0.717, 1.165) is 0 Å². The van der Waals surface area contributed by atoms with Crippen LogP contribution >= 0.6 is 0 Å². The molecule has 2 amide bonds. The highest BCUT2D eigenvalue weighted by molar-refractivity contribution is 6.06. The molecule has 3 rings (SSSR count). The SMILES string of the molecule is CC(C)COC(=O)COc1ccc(C(=O)CN2Cc3cc(C(N)=NC(=O)OCC(C)C)ccc3C2=O)cc1. The van der Waals surface area contributed by atoms with Gasteiger partial charge in [0.1, 0.15) is 11.6 Å². The van der Waals surface area contributed by atoms with Gasteiger partial charge in [0.2, 0.25) is 0 Å². The summed E-state index contributed by atoms with van der Waals surface area (Å²) in [6.07, 6.45) is -0.775. The molecule has 0 spiro atoms. The van der Waals surface area contributed by atoms with Gasteiger partial charge in [0.05, 0.1) is 19.8 Å². The minimum absolute atomic E-state index is 0.0148. The zero-order chi connectivity index (χ0) is 27.8. The lowest BCUT2D eigenvalue weighted by molar-refractivity contribution is -0.147. The van der Waals surface area contributed by atoms with Crippen LogP contribution in [-0.4, -0.2) is 60.9 Å². The van der Waals surface area contributed by atoms with E-state index in [2.05, 4.69) is 4.99 Å². The second-order valence-corrected chi connectivity index (χ2v) is 9.81. The Morgan fingerprint density at radius 1 is 0.947 bits per heavy atom. The Balaban J connectivity index is 1.57. The molecule has 1 aliphatic heterocycles. The molecule has 10 nitrogen and oxygen atoms in total. The molecule has 2 aromatic carbocycles. The summed E-state index contributed by atoms with van der Waals surface area (Å²) in [5.41, 5.74) is 7.99. The van der Waals surface area contributed by atoms with E-state index < -0.39 is 12.1 Å². The van der Waals surface area contributed by atoms with E-state index in [9.17, 15) is 19.2 Å². The predicted octanol–water partition coefficient (Wildman–Crippen LogP) is 3.60. The van der Waals surface area contributed by atoms with Gasteiger partial charge in [0, 0.05) is 23.2 Å². The molecule has 0 aromatic heterocycles. The van der Waals surface area contributed by atoms with Crippen molar-refractivity contribution in [2.24, 2.45) is 22.6 Å². The molecule has 0 atom stereocenters. The van der Waals surface area contributed by atoms with Crippen molar-refractivity contribution in [3.8, 4) is 5.75 Å². The van der Waals surface area contributed by atoms with Crippen LogP contribution in [0.3, 0.4) is 0 Å². The van der Waals surface area contributed by atoms with E-state index in [0.29, 0.717) is 34.6 Å². The highest BCUT2D eigenvalue weighted by Crippen LogP contribution is 2.24. The Morgan fingerprint density at radius 2 is 1.58 bits per heavy atom. The van der Waals surface area contributed by atoms with E-state index in [4.69, 9.17) is 19.9 Å². The summed E-state index contributed by atoms with van der Waals surface area (Å²) in [7, 11) is 0. The normalized spacial score (nSPS) is 13.1. The first-order valence-electron chi connectivity index (χ1n) is 12.4. The second-order valence-electron chi connectivity index (χ2n) is 9.81. The third-order valence-corrected chi connectivity index (χ3v) is 5.48. The van der Waals surface area contributed by atoms with Gasteiger partial charge in [-0.25, -0.2) is 9.59 Å². The average Bonchev–Trinajstić information content (AvgIpc) is 3.19. The molecular formula is C28H33N3O7. The number of esters is 1. The number of hydrogen-bond donors (Lipinski definition) is 1. The molecule has 2 aromatic rings. The summed E-state index contributed by atoms with van der Waals surface area (Å²) in [6, 6.07) is 11.2. The molecule has 0 aliphatic carbocycles. The van der Waals surface area contributed by atoms with E-state index in [-0.39, 0.29) is 55.7 Å². The van der Waals surface area contributed by atoms with Gasteiger partial charge in [-0.2, -0.15) is 4.99 Å². The van der Waals surface area contributed by atoms with Crippen LogP contribution in [0, 0.1) is 11.8 Å². The highest BCUT2D eigenvalue weighted by atomic mass is 16.6. The zero-order valence-electron chi connectivity index (χ0n) is 22.1. The van der Waals surface area contributed by atoms with Crippen molar-refractivity contribution in [2.75, 3.05) is 26.4 Å². The predicted molar refractivity (Wildman–Crippen MR) is 140 cm³/mol. The second kappa shape index (κ2) is 12.8. The molecule has 0 saturated heterocycles. The standard InChI is InChI=1S/C28H33N3O7/c1-17(2)14-37-25(33)16-36-22-8-5-19(6-9-22)24(32)13-31-12-21-11-20(7-10-23(21)27(31)34)26(29)30-28(35)38-15-18(3)4/h5-11,17-18H,12-16H2,1-4H3,(H2,29,30,35). The molecule has 0 radical (unpaired) electrons. The largest absolute Gasteiger partial charge is 0.482 e. The van der Waals surface area contributed by atoms with Crippen molar-refractivity contribution in [1.82, 2.24) is 4.90 Å². The summed E-state index contributed by atoms with van der Waals surface area (Å²) in [4.78, 5) is 54.4. The van der Waals surface area contributed by atoms with Crippen molar-refractivity contribution < 1.29 is 33.4 Å². The van der Waals surface area contributed by atoms with Gasteiger partial charge in [-0.15, -0.1) is 0 Å². The van der Waals surface area contributed by atoms with E-state index in [1.54, 1.807) is 42.5 Å². The summed E-state index contributed by atoms with van der Waals surface area (Å²) >= 11 is 0.